The molecule has 0 aliphatic carbocycles. The number of benzene rings is 3. The van der Waals surface area contributed by atoms with E-state index in [9.17, 15) is 0 Å². The summed E-state index contributed by atoms with van der Waals surface area (Å²) < 4.78 is 2.23. The summed E-state index contributed by atoms with van der Waals surface area (Å²) >= 11 is 0. The lowest BCUT2D eigenvalue weighted by molar-refractivity contribution is 1.09. The number of anilines is 2. The highest BCUT2D eigenvalue weighted by Gasteiger charge is 2.12. The van der Waals surface area contributed by atoms with Gasteiger partial charge >= 0.3 is 0 Å². The van der Waals surface area contributed by atoms with Crippen LogP contribution in [-0.4, -0.2) is 4.57 Å². The maximum absolute atomic E-state index is 3.57. The van der Waals surface area contributed by atoms with Gasteiger partial charge < -0.3 is 9.88 Å². The molecule has 0 radical (unpaired) electrons. The maximum atomic E-state index is 3.57. The lowest BCUT2D eigenvalue weighted by atomic mass is 10.1. The number of aryl methyl sites for hydroxylation is 1. The highest BCUT2D eigenvalue weighted by molar-refractivity contribution is 5.80. The Morgan fingerprint density at radius 1 is 0.680 bits per heavy atom. The fourth-order valence-electron chi connectivity index (χ4n) is 3.02. The van der Waals surface area contributed by atoms with Crippen molar-refractivity contribution in [1.82, 2.24) is 4.57 Å². The zero-order valence-electron chi connectivity index (χ0n) is 14.2. The molecule has 0 amide bonds. The van der Waals surface area contributed by atoms with Gasteiger partial charge in [0, 0.05) is 23.1 Å². The molecule has 0 saturated carbocycles. The van der Waals surface area contributed by atoms with Crippen molar-refractivity contribution in [2.24, 2.45) is 0 Å². The molecule has 1 N–H and O–H groups in total. The highest BCUT2D eigenvalue weighted by Crippen LogP contribution is 2.33. The van der Waals surface area contributed by atoms with Gasteiger partial charge in [-0.25, -0.2) is 0 Å². The van der Waals surface area contributed by atoms with Crippen molar-refractivity contribution in [2.75, 3.05) is 5.32 Å². The van der Waals surface area contributed by atoms with Gasteiger partial charge in [0.05, 0.1) is 11.4 Å². The van der Waals surface area contributed by atoms with Gasteiger partial charge in [0.15, 0.2) is 0 Å². The number of nitrogens with one attached hydrogen (secondary N) is 1. The molecule has 1 aromatic heterocycles. The van der Waals surface area contributed by atoms with Gasteiger partial charge in [0.25, 0.3) is 0 Å². The van der Waals surface area contributed by atoms with Crippen LogP contribution in [0.25, 0.3) is 16.9 Å². The Morgan fingerprint density at radius 3 is 2.00 bits per heavy atom. The molecular formula is C23H20N2. The average molecular weight is 324 g/mol. The van der Waals surface area contributed by atoms with Crippen molar-refractivity contribution in [3.05, 3.63) is 103 Å². The molecule has 25 heavy (non-hydrogen) atoms. The van der Waals surface area contributed by atoms with Gasteiger partial charge in [-0.2, -0.15) is 0 Å². The molecule has 0 saturated heterocycles. The molecule has 0 unspecified atom stereocenters. The van der Waals surface area contributed by atoms with E-state index in [1.54, 1.807) is 0 Å². The normalized spacial score (nSPS) is 10.6. The zero-order valence-corrected chi connectivity index (χ0v) is 14.2. The Labute approximate surface area is 148 Å². The molecule has 3 aromatic carbocycles. The van der Waals surface area contributed by atoms with Crippen molar-refractivity contribution in [3.8, 4) is 16.9 Å². The van der Waals surface area contributed by atoms with Gasteiger partial charge in [-0.15, -0.1) is 0 Å². The summed E-state index contributed by atoms with van der Waals surface area (Å²) in [5.74, 6) is 0. The lowest BCUT2D eigenvalue weighted by Crippen LogP contribution is -1.98. The molecule has 4 rings (SSSR count). The molecule has 0 aliphatic rings. The number of aromatic nitrogens is 1. The Bertz CT molecular complexity index is 952. The first-order valence-corrected chi connectivity index (χ1v) is 8.47. The minimum absolute atomic E-state index is 1.09. The van der Waals surface area contributed by atoms with Crippen molar-refractivity contribution < 1.29 is 0 Å². The molecule has 2 heteroatoms. The third-order valence-electron chi connectivity index (χ3n) is 4.30. The van der Waals surface area contributed by atoms with Crippen LogP contribution in [0.5, 0.6) is 0 Å². The number of rotatable bonds is 4. The van der Waals surface area contributed by atoms with Crippen LogP contribution in [0.3, 0.4) is 0 Å². The van der Waals surface area contributed by atoms with Crippen LogP contribution < -0.4 is 5.32 Å². The fourth-order valence-corrected chi connectivity index (χ4v) is 3.02. The predicted molar refractivity (Wildman–Crippen MR) is 106 cm³/mol. The Hall–Kier alpha value is -3.26. The first-order chi connectivity index (χ1) is 12.3. The fraction of sp³-hybridized carbons (Fsp3) is 0.0435. The maximum Gasteiger partial charge on any atom is 0.0765 e. The Morgan fingerprint density at radius 2 is 1.32 bits per heavy atom. The second kappa shape index (κ2) is 6.70. The van der Waals surface area contributed by atoms with Crippen molar-refractivity contribution in [2.45, 2.75) is 6.92 Å². The third-order valence-corrected chi connectivity index (χ3v) is 4.30. The van der Waals surface area contributed by atoms with Crippen molar-refractivity contribution in [3.63, 3.8) is 0 Å². The van der Waals surface area contributed by atoms with E-state index in [1.807, 2.05) is 12.1 Å². The van der Waals surface area contributed by atoms with Gasteiger partial charge in [-0.1, -0.05) is 66.2 Å². The van der Waals surface area contributed by atoms with E-state index in [0.29, 0.717) is 0 Å². The molecular weight excluding hydrogens is 304 g/mol. The summed E-state index contributed by atoms with van der Waals surface area (Å²) in [7, 11) is 0. The number of hydrogen-bond acceptors (Lipinski definition) is 1. The van der Waals surface area contributed by atoms with E-state index in [2.05, 4.69) is 102 Å². The van der Waals surface area contributed by atoms with Crippen LogP contribution in [0.4, 0.5) is 11.4 Å². The number of hydrogen-bond donors (Lipinski definition) is 1. The summed E-state index contributed by atoms with van der Waals surface area (Å²) in [4.78, 5) is 0. The summed E-state index contributed by atoms with van der Waals surface area (Å²) in [6.45, 7) is 2.10. The van der Waals surface area contributed by atoms with E-state index < -0.39 is 0 Å². The van der Waals surface area contributed by atoms with E-state index in [4.69, 9.17) is 0 Å². The average Bonchev–Trinajstić information content (AvgIpc) is 3.08. The van der Waals surface area contributed by atoms with Crippen LogP contribution in [0.15, 0.2) is 97.2 Å². The second-order valence-corrected chi connectivity index (χ2v) is 6.14. The topological polar surface area (TPSA) is 17.0 Å². The number of para-hydroxylation sites is 1. The summed E-state index contributed by atoms with van der Waals surface area (Å²) in [5, 5.41) is 3.57. The molecule has 0 atom stereocenters. The summed E-state index contributed by atoms with van der Waals surface area (Å²) in [5.41, 5.74) is 6.94. The smallest absolute Gasteiger partial charge is 0.0765 e. The molecule has 0 spiro atoms. The number of nitrogens with zero attached hydrogens (tertiary/aromatic N) is 1. The van der Waals surface area contributed by atoms with E-state index in [0.717, 1.165) is 22.8 Å². The van der Waals surface area contributed by atoms with Gasteiger partial charge in [-0.3, -0.25) is 0 Å². The van der Waals surface area contributed by atoms with Crippen LogP contribution >= 0.6 is 0 Å². The molecule has 0 aliphatic heterocycles. The summed E-state index contributed by atoms with van der Waals surface area (Å²) in [6, 6.07) is 31.5. The Kier molecular flexibility index (Phi) is 4.09. The second-order valence-electron chi connectivity index (χ2n) is 6.14. The van der Waals surface area contributed by atoms with Gasteiger partial charge in [-0.05, 0) is 37.3 Å². The molecule has 4 aromatic rings. The third kappa shape index (κ3) is 3.20. The molecule has 0 fully saturated rings. The van der Waals surface area contributed by atoms with Gasteiger partial charge in [0.1, 0.15) is 0 Å². The largest absolute Gasteiger partial charge is 0.354 e. The Balaban J connectivity index is 1.82. The van der Waals surface area contributed by atoms with Crippen LogP contribution in [0.2, 0.25) is 0 Å². The highest BCUT2D eigenvalue weighted by atomic mass is 15.0. The summed E-state index contributed by atoms with van der Waals surface area (Å²) in [6.07, 6.45) is 2.12. The molecule has 1 heterocycles. The molecule has 122 valence electrons. The zero-order chi connectivity index (χ0) is 17.1. The van der Waals surface area contributed by atoms with Crippen molar-refractivity contribution in [1.29, 1.82) is 0 Å². The van der Waals surface area contributed by atoms with E-state index in [-0.39, 0.29) is 0 Å². The van der Waals surface area contributed by atoms with Crippen LogP contribution in [0, 0.1) is 6.92 Å². The standard InChI is InChI=1S/C23H20N2/c1-18-12-14-20(15-13-18)24-22-16-17-25(21-10-6-3-7-11-21)23(22)19-8-4-2-5-9-19/h2-17,24H,1H3. The first-order valence-electron chi connectivity index (χ1n) is 8.47. The first kappa shape index (κ1) is 15.3. The SMILES string of the molecule is Cc1ccc(Nc2ccn(-c3ccccc3)c2-c2ccccc2)cc1. The molecule has 0 bridgehead atoms. The minimum Gasteiger partial charge on any atom is -0.354 e. The monoisotopic (exact) mass is 324 g/mol. The molecule has 2 nitrogen and oxygen atoms in total. The van der Waals surface area contributed by atoms with E-state index in [1.165, 1.54) is 11.1 Å². The van der Waals surface area contributed by atoms with Crippen LogP contribution in [-0.2, 0) is 0 Å². The van der Waals surface area contributed by atoms with Crippen LogP contribution in [0.1, 0.15) is 5.56 Å². The van der Waals surface area contributed by atoms with E-state index >= 15 is 0 Å². The quantitative estimate of drug-likeness (QED) is 0.473. The lowest BCUT2D eigenvalue weighted by Gasteiger charge is -2.13. The van der Waals surface area contributed by atoms with Crippen molar-refractivity contribution >= 4 is 11.4 Å². The predicted octanol–water partition coefficient (Wildman–Crippen LogP) is 6.20. The minimum atomic E-state index is 1.09. The van der Waals surface area contributed by atoms with Gasteiger partial charge in [0.2, 0.25) is 0 Å².